The summed E-state index contributed by atoms with van der Waals surface area (Å²) in [5, 5.41) is 4.67. The molecule has 4 aromatic heterocycles. The Morgan fingerprint density at radius 1 is 0.558 bits per heavy atom. The average molecular weight is 553 g/mol. The molecule has 4 heterocycles. The molecule has 0 aliphatic rings. The fourth-order valence-electron chi connectivity index (χ4n) is 7.12. The minimum Gasteiger partial charge on any atom is -0.456 e. The van der Waals surface area contributed by atoms with Gasteiger partial charge >= 0.3 is 0 Å². The molecule has 0 amide bonds. The van der Waals surface area contributed by atoms with E-state index in [2.05, 4.69) is 148 Å². The second-order valence-corrected chi connectivity index (χ2v) is 11.3. The van der Waals surface area contributed by atoms with Crippen molar-refractivity contribution in [2.75, 3.05) is 0 Å². The predicted octanol–water partition coefficient (Wildman–Crippen LogP) is 9.74. The summed E-state index contributed by atoms with van der Waals surface area (Å²) < 4.78 is 13.3. The van der Waals surface area contributed by atoms with Crippen LogP contribution in [0.4, 0.5) is 0 Å². The molecule has 0 spiro atoms. The molecular weight excluding hydrogens is 528 g/mol. The smallest absolute Gasteiger partial charge is 0.220 e. The van der Waals surface area contributed by atoms with E-state index >= 15 is 0 Å². The molecule has 5 heteroatoms. The topological polar surface area (TPSA) is 40.3 Å². The minimum absolute atomic E-state index is 0.905. The Bertz CT molecular complexity index is 2750. The van der Waals surface area contributed by atoms with Gasteiger partial charge in [0.1, 0.15) is 11.2 Å². The van der Waals surface area contributed by atoms with Gasteiger partial charge in [-0.05, 0) is 73.2 Å². The van der Waals surface area contributed by atoms with E-state index in [-0.39, 0.29) is 0 Å². The van der Waals surface area contributed by atoms with E-state index in [9.17, 15) is 0 Å². The van der Waals surface area contributed by atoms with Crippen molar-refractivity contribution in [1.82, 2.24) is 18.5 Å². The number of nitrogens with zero attached hydrogens (tertiary/aromatic N) is 4. The van der Waals surface area contributed by atoms with Gasteiger partial charge in [0.2, 0.25) is 5.78 Å². The highest BCUT2D eigenvalue weighted by molar-refractivity contribution is 6.14. The van der Waals surface area contributed by atoms with Crippen molar-refractivity contribution in [3.05, 3.63) is 133 Å². The molecule has 0 saturated heterocycles. The van der Waals surface area contributed by atoms with Crippen molar-refractivity contribution in [3.8, 4) is 11.4 Å². The van der Waals surface area contributed by atoms with E-state index < -0.39 is 0 Å². The zero-order chi connectivity index (χ0) is 28.2. The molecule has 0 aliphatic heterocycles. The van der Waals surface area contributed by atoms with Crippen LogP contribution >= 0.6 is 0 Å². The average Bonchev–Trinajstić information content (AvgIpc) is 3.78. The number of benzene rings is 6. The number of imidazole rings is 2. The van der Waals surface area contributed by atoms with Crippen molar-refractivity contribution < 1.29 is 4.42 Å². The first-order valence-electron chi connectivity index (χ1n) is 14.6. The maximum atomic E-state index is 6.28. The zero-order valence-corrected chi connectivity index (χ0v) is 23.3. The molecule has 0 atom stereocenters. The normalized spacial score (nSPS) is 12.3. The fourth-order valence-corrected chi connectivity index (χ4v) is 7.12. The van der Waals surface area contributed by atoms with Crippen molar-refractivity contribution >= 4 is 71.6 Å². The summed E-state index contributed by atoms with van der Waals surface area (Å²) in [6.45, 7) is 2.10. The number of furan rings is 1. The third-order valence-corrected chi connectivity index (χ3v) is 8.96. The van der Waals surface area contributed by atoms with E-state index in [1.807, 2.05) is 0 Å². The Morgan fingerprint density at radius 3 is 2.19 bits per heavy atom. The van der Waals surface area contributed by atoms with Crippen LogP contribution in [0.25, 0.3) is 83.0 Å². The monoisotopic (exact) mass is 552 g/mol. The number of aromatic nitrogens is 4. The number of rotatable bonds is 2. The molecule has 0 N–H and O–H groups in total. The highest BCUT2D eigenvalue weighted by Crippen LogP contribution is 2.40. The molecule has 43 heavy (non-hydrogen) atoms. The van der Waals surface area contributed by atoms with Crippen LogP contribution in [0.15, 0.2) is 132 Å². The Kier molecular flexibility index (Phi) is 4.32. The lowest BCUT2D eigenvalue weighted by atomic mass is 10.1. The molecule has 10 aromatic rings. The number of fused-ring (bicyclic) bond motifs is 11. The lowest BCUT2D eigenvalue weighted by Gasteiger charge is -2.10. The highest BCUT2D eigenvalue weighted by atomic mass is 16.3. The quantitative estimate of drug-likeness (QED) is 0.214. The second-order valence-electron chi connectivity index (χ2n) is 11.3. The molecule has 0 unspecified atom stereocenters. The summed E-state index contributed by atoms with van der Waals surface area (Å²) in [7, 11) is 0. The number of para-hydroxylation sites is 6. The van der Waals surface area contributed by atoms with Crippen LogP contribution in [0.3, 0.4) is 0 Å². The van der Waals surface area contributed by atoms with E-state index in [1.165, 1.54) is 10.8 Å². The van der Waals surface area contributed by atoms with Crippen molar-refractivity contribution in [2.24, 2.45) is 0 Å². The van der Waals surface area contributed by atoms with E-state index in [4.69, 9.17) is 9.40 Å². The number of hydrogen-bond acceptors (Lipinski definition) is 2. The largest absolute Gasteiger partial charge is 0.456 e. The van der Waals surface area contributed by atoms with E-state index in [1.54, 1.807) is 0 Å². The van der Waals surface area contributed by atoms with Gasteiger partial charge < -0.3 is 8.98 Å². The molecule has 202 valence electrons. The van der Waals surface area contributed by atoms with Crippen LogP contribution in [-0.4, -0.2) is 18.5 Å². The first kappa shape index (κ1) is 22.8. The van der Waals surface area contributed by atoms with Crippen LogP contribution in [0.2, 0.25) is 0 Å². The second kappa shape index (κ2) is 8.14. The Balaban J connectivity index is 1.33. The molecule has 0 bridgehead atoms. The summed E-state index contributed by atoms with van der Waals surface area (Å²) >= 11 is 0. The van der Waals surface area contributed by atoms with Gasteiger partial charge in [-0.15, -0.1) is 0 Å². The molecule has 0 fully saturated rings. The van der Waals surface area contributed by atoms with Crippen LogP contribution in [0.5, 0.6) is 0 Å². The third kappa shape index (κ3) is 2.93. The maximum absolute atomic E-state index is 6.28. The van der Waals surface area contributed by atoms with Crippen LogP contribution in [-0.2, 0) is 0 Å². The molecule has 0 saturated carbocycles. The van der Waals surface area contributed by atoms with Gasteiger partial charge in [-0.1, -0.05) is 66.7 Å². The highest BCUT2D eigenvalue weighted by Gasteiger charge is 2.22. The predicted molar refractivity (Wildman–Crippen MR) is 176 cm³/mol. The Hall–Kier alpha value is -5.81. The summed E-state index contributed by atoms with van der Waals surface area (Å²) in [5.74, 6) is 0.911. The Morgan fingerprint density at radius 2 is 1.28 bits per heavy atom. The summed E-state index contributed by atoms with van der Waals surface area (Å²) in [4.78, 5) is 5.15. The van der Waals surface area contributed by atoms with Gasteiger partial charge in [0, 0.05) is 27.2 Å². The molecule has 6 aromatic carbocycles. The van der Waals surface area contributed by atoms with Gasteiger partial charge in [0.25, 0.3) is 0 Å². The Labute approximate surface area is 245 Å². The molecule has 10 rings (SSSR count). The standard InChI is InChI=1S/C38H24N4O/c1-23-10-8-12-25-27-22-24(20-21-35(27)43-37(23)25)40-29-14-4-2-11-26(29)36-33(40)18-9-19-34(36)42-32-17-7-6-16-31(32)41-30-15-5-3-13-28(30)39-38(41)42/h2-22H,1H3. The first-order valence-corrected chi connectivity index (χ1v) is 14.6. The van der Waals surface area contributed by atoms with Crippen molar-refractivity contribution in [1.29, 1.82) is 0 Å². The van der Waals surface area contributed by atoms with Gasteiger partial charge in [0.05, 0.1) is 38.8 Å². The van der Waals surface area contributed by atoms with Gasteiger partial charge in [-0.25, -0.2) is 4.98 Å². The first-order chi connectivity index (χ1) is 21.3. The van der Waals surface area contributed by atoms with Crippen LogP contribution < -0.4 is 0 Å². The van der Waals surface area contributed by atoms with Gasteiger partial charge in [0.15, 0.2) is 0 Å². The molecule has 0 aliphatic carbocycles. The van der Waals surface area contributed by atoms with Crippen molar-refractivity contribution in [2.45, 2.75) is 6.92 Å². The van der Waals surface area contributed by atoms with E-state index in [0.29, 0.717) is 0 Å². The molecule has 0 radical (unpaired) electrons. The van der Waals surface area contributed by atoms with Crippen LogP contribution in [0.1, 0.15) is 5.56 Å². The summed E-state index contributed by atoms with van der Waals surface area (Å²) in [6, 6.07) is 45.2. The van der Waals surface area contributed by atoms with E-state index in [0.717, 1.165) is 77.8 Å². The lowest BCUT2D eigenvalue weighted by Crippen LogP contribution is -1.97. The minimum atomic E-state index is 0.905. The summed E-state index contributed by atoms with van der Waals surface area (Å²) in [6.07, 6.45) is 0. The molecular formula is C38H24N4O. The third-order valence-electron chi connectivity index (χ3n) is 8.96. The maximum Gasteiger partial charge on any atom is 0.220 e. The lowest BCUT2D eigenvalue weighted by molar-refractivity contribution is 0.665. The number of aryl methyl sites for hydroxylation is 1. The van der Waals surface area contributed by atoms with Crippen molar-refractivity contribution in [3.63, 3.8) is 0 Å². The fraction of sp³-hybridized carbons (Fsp3) is 0.0263. The zero-order valence-electron chi connectivity index (χ0n) is 23.3. The van der Waals surface area contributed by atoms with Gasteiger partial charge in [-0.3, -0.25) is 8.97 Å². The van der Waals surface area contributed by atoms with Crippen LogP contribution in [0, 0.1) is 6.92 Å². The van der Waals surface area contributed by atoms with Gasteiger partial charge in [-0.2, -0.15) is 0 Å². The summed E-state index contributed by atoms with van der Waals surface area (Å²) in [5.41, 5.74) is 11.9. The SMILES string of the molecule is Cc1cccc2c1oc1ccc(-n3c4ccccc4c4c(-n5c6ccccc6n6c7ccccc7nc56)cccc43)cc12. The molecule has 5 nitrogen and oxygen atoms in total. The number of hydrogen-bond donors (Lipinski definition) is 0.